The number of rotatable bonds is 6. The van der Waals surface area contributed by atoms with Gasteiger partial charge in [0.1, 0.15) is 0 Å². The summed E-state index contributed by atoms with van der Waals surface area (Å²) >= 11 is 0. The molecule has 1 aliphatic carbocycles. The van der Waals surface area contributed by atoms with Gasteiger partial charge in [-0.1, -0.05) is 19.8 Å². The summed E-state index contributed by atoms with van der Waals surface area (Å²) in [5, 5.41) is 9.09. The molecular formula is C13H23NO3. The molecule has 0 radical (unpaired) electrons. The molecule has 1 amide bonds. The van der Waals surface area contributed by atoms with Crippen molar-refractivity contribution in [3.05, 3.63) is 0 Å². The van der Waals surface area contributed by atoms with Gasteiger partial charge < -0.3 is 10.0 Å². The third-order valence-corrected chi connectivity index (χ3v) is 3.63. The lowest BCUT2D eigenvalue weighted by atomic mass is 9.94. The second-order valence-electron chi connectivity index (χ2n) is 4.75. The molecule has 0 heterocycles. The number of carboxylic acid groups (broad SMARTS) is 1. The van der Waals surface area contributed by atoms with Crippen LogP contribution in [0.1, 0.15) is 46.0 Å². The van der Waals surface area contributed by atoms with Crippen LogP contribution in [0.2, 0.25) is 0 Å². The maximum absolute atomic E-state index is 12.3. The van der Waals surface area contributed by atoms with Crippen molar-refractivity contribution in [2.45, 2.75) is 46.0 Å². The van der Waals surface area contributed by atoms with Crippen LogP contribution in [0.25, 0.3) is 0 Å². The van der Waals surface area contributed by atoms with Crippen LogP contribution in [-0.2, 0) is 9.59 Å². The number of aliphatic carboxylic acids is 1. The number of carbonyl (C=O) groups is 2. The van der Waals surface area contributed by atoms with Crippen LogP contribution in [0.15, 0.2) is 0 Å². The largest absolute Gasteiger partial charge is 0.481 e. The van der Waals surface area contributed by atoms with Gasteiger partial charge in [-0.05, 0) is 26.2 Å². The quantitative estimate of drug-likeness (QED) is 0.775. The van der Waals surface area contributed by atoms with Crippen molar-refractivity contribution >= 4 is 11.9 Å². The Morgan fingerprint density at radius 3 is 2.41 bits per heavy atom. The molecule has 0 aromatic carbocycles. The van der Waals surface area contributed by atoms with Gasteiger partial charge in [-0.2, -0.15) is 0 Å². The lowest BCUT2D eigenvalue weighted by Gasteiger charge is -2.26. The van der Waals surface area contributed by atoms with Crippen LogP contribution < -0.4 is 0 Å². The second kappa shape index (κ2) is 6.62. The van der Waals surface area contributed by atoms with Crippen LogP contribution in [0.4, 0.5) is 0 Å². The Balaban J connectivity index is 2.63. The third-order valence-electron chi connectivity index (χ3n) is 3.63. The molecule has 0 saturated heterocycles. The van der Waals surface area contributed by atoms with Gasteiger partial charge in [0, 0.05) is 13.1 Å². The molecule has 0 bridgehead atoms. The van der Waals surface area contributed by atoms with E-state index in [9.17, 15) is 9.59 Å². The van der Waals surface area contributed by atoms with Gasteiger partial charge in [0.15, 0.2) is 0 Å². The Bertz CT molecular complexity index is 278. The maximum atomic E-state index is 12.3. The predicted octanol–water partition coefficient (Wildman–Crippen LogP) is 2.14. The second-order valence-corrected chi connectivity index (χ2v) is 4.75. The number of nitrogens with zero attached hydrogens (tertiary/aromatic N) is 1. The molecular weight excluding hydrogens is 218 g/mol. The minimum atomic E-state index is -0.813. The van der Waals surface area contributed by atoms with Gasteiger partial charge in [-0.25, -0.2) is 0 Å². The summed E-state index contributed by atoms with van der Waals surface area (Å²) in [6.45, 7) is 5.49. The number of amides is 1. The summed E-state index contributed by atoms with van der Waals surface area (Å²) in [4.78, 5) is 25.1. The highest BCUT2D eigenvalue weighted by atomic mass is 16.4. The van der Waals surface area contributed by atoms with Crippen molar-refractivity contribution in [1.82, 2.24) is 4.90 Å². The van der Waals surface area contributed by atoms with Crippen molar-refractivity contribution in [2.75, 3.05) is 13.1 Å². The van der Waals surface area contributed by atoms with E-state index in [1.54, 1.807) is 0 Å². The van der Waals surface area contributed by atoms with Gasteiger partial charge in [-0.15, -0.1) is 0 Å². The van der Waals surface area contributed by atoms with Crippen molar-refractivity contribution in [2.24, 2.45) is 11.8 Å². The smallest absolute Gasteiger partial charge is 0.307 e. The van der Waals surface area contributed by atoms with Gasteiger partial charge in [0.2, 0.25) is 5.91 Å². The minimum Gasteiger partial charge on any atom is -0.481 e. The summed E-state index contributed by atoms with van der Waals surface area (Å²) < 4.78 is 0. The standard InChI is InChI=1S/C13H23NO3/c1-3-5-9-14(4-2)12(15)10-7-6-8-11(10)13(16)17/h10-11H,3-9H2,1-2H3,(H,16,17). The van der Waals surface area contributed by atoms with E-state index in [-0.39, 0.29) is 11.8 Å². The van der Waals surface area contributed by atoms with E-state index in [4.69, 9.17) is 5.11 Å². The first-order chi connectivity index (χ1) is 8.11. The highest BCUT2D eigenvalue weighted by molar-refractivity contribution is 5.85. The molecule has 0 aliphatic heterocycles. The van der Waals surface area contributed by atoms with E-state index < -0.39 is 11.9 Å². The van der Waals surface area contributed by atoms with Crippen LogP contribution in [0, 0.1) is 11.8 Å². The SMILES string of the molecule is CCCCN(CC)C(=O)C1CCCC1C(=O)O. The molecule has 17 heavy (non-hydrogen) atoms. The molecule has 2 unspecified atom stereocenters. The summed E-state index contributed by atoms with van der Waals surface area (Å²) in [5.74, 6) is -1.51. The molecule has 2 atom stereocenters. The summed E-state index contributed by atoms with van der Waals surface area (Å²) in [5.41, 5.74) is 0. The molecule has 1 rings (SSSR count). The van der Waals surface area contributed by atoms with E-state index in [0.29, 0.717) is 13.0 Å². The van der Waals surface area contributed by atoms with Gasteiger partial charge >= 0.3 is 5.97 Å². The predicted molar refractivity (Wildman–Crippen MR) is 65.6 cm³/mol. The van der Waals surface area contributed by atoms with Crippen molar-refractivity contribution in [3.63, 3.8) is 0 Å². The van der Waals surface area contributed by atoms with E-state index in [1.165, 1.54) is 0 Å². The fraction of sp³-hybridized carbons (Fsp3) is 0.846. The third kappa shape index (κ3) is 3.45. The highest BCUT2D eigenvalue weighted by Gasteiger charge is 2.39. The zero-order valence-electron chi connectivity index (χ0n) is 10.8. The van der Waals surface area contributed by atoms with Crippen LogP contribution in [-0.4, -0.2) is 35.0 Å². The Kier molecular flexibility index (Phi) is 5.45. The Labute approximate surface area is 103 Å². The van der Waals surface area contributed by atoms with Crippen molar-refractivity contribution < 1.29 is 14.7 Å². The Hall–Kier alpha value is -1.06. The first kappa shape index (κ1) is 14.0. The Morgan fingerprint density at radius 1 is 1.24 bits per heavy atom. The van der Waals surface area contributed by atoms with Gasteiger partial charge in [0.05, 0.1) is 11.8 Å². The number of carbonyl (C=O) groups excluding carboxylic acids is 1. The van der Waals surface area contributed by atoms with Crippen LogP contribution in [0.5, 0.6) is 0 Å². The molecule has 4 nitrogen and oxygen atoms in total. The van der Waals surface area contributed by atoms with Crippen LogP contribution in [0.3, 0.4) is 0 Å². The monoisotopic (exact) mass is 241 g/mol. The average molecular weight is 241 g/mol. The first-order valence-electron chi connectivity index (χ1n) is 6.63. The maximum Gasteiger partial charge on any atom is 0.307 e. The molecule has 1 N–H and O–H groups in total. The van der Waals surface area contributed by atoms with Crippen LogP contribution >= 0.6 is 0 Å². The molecule has 4 heteroatoms. The first-order valence-corrected chi connectivity index (χ1v) is 6.63. The summed E-state index contributed by atoms with van der Waals surface area (Å²) in [6, 6.07) is 0. The molecule has 1 aliphatic rings. The van der Waals surface area contributed by atoms with Crippen molar-refractivity contribution in [3.8, 4) is 0 Å². The lowest BCUT2D eigenvalue weighted by molar-refractivity contribution is -0.149. The number of hydrogen-bond donors (Lipinski definition) is 1. The van der Waals surface area contributed by atoms with Gasteiger partial charge in [-0.3, -0.25) is 9.59 Å². The minimum absolute atomic E-state index is 0.0471. The molecule has 0 spiro atoms. The zero-order valence-corrected chi connectivity index (χ0v) is 10.8. The topological polar surface area (TPSA) is 57.6 Å². The number of hydrogen-bond acceptors (Lipinski definition) is 2. The van der Waals surface area contributed by atoms with E-state index >= 15 is 0 Å². The fourth-order valence-corrected chi connectivity index (χ4v) is 2.56. The average Bonchev–Trinajstić information content (AvgIpc) is 2.78. The van der Waals surface area contributed by atoms with E-state index in [0.717, 1.165) is 32.2 Å². The molecule has 0 aromatic rings. The number of unbranched alkanes of at least 4 members (excludes halogenated alkanes) is 1. The van der Waals surface area contributed by atoms with Gasteiger partial charge in [0.25, 0.3) is 0 Å². The molecule has 1 fully saturated rings. The number of carboxylic acids is 1. The highest BCUT2D eigenvalue weighted by Crippen LogP contribution is 2.33. The molecule has 1 saturated carbocycles. The van der Waals surface area contributed by atoms with Crippen molar-refractivity contribution in [1.29, 1.82) is 0 Å². The molecule has 0 aromatic heterocycles. The van der Waals surface area contributed by atoms with E-state index in [1.807, 2.05) is 11.8 Å². The molecule has 98 valence electrons. The Morgan fingerprint density at radius 2 is 1.88 bits per heavy atom. The normalized spacial score (nSPS) is 23.6. The lowest BCUT2D eigenvalue weighted by Crippen LogP contribution is -2.39. The van der Waals surface area contributed by atoms with E-state index in [2.05, 4.69) is 6.92 Å². The summed E-state index contributed by atoms with van der Waals surface area (Å²) in [7, 11) is 0. The zero-order chi connectivity index (χ0) is 12.8. The summed E-state index contributed by atoms with van der Waals surface area (Å²) in [6.07, 6.45) is 4.29. The fourth-order valence-electron chi connectivity index (χ4n) is 2.56.